The molecule has 2 aliphatic heterocycles. The third kappa shape index (κ3) is 4.35. The van der Waals surface area contributed by atoms with Crippen LogP contribution in [0.15, 0.2) is 18.2 Å². The number of amides is 1. The third-order valence-corrected chi connectivity index (χ3v) is 5.28. The van der Waals surface area contributed by atoms with Crippen molar-refractivity contribution < 1.29 is 18.0 Å². The molecule has 0 radical (unpaired) electrons. The predicted molar refractivity (Wildman–Crippen MR) is 90.6 cm³/mol. The number of carbonyl (C=O) groups excluding carboxylic acids is 1. The Labute approximate surface area is 146 Å². The number of likely N-dealkylation sites (tertiary alicyclic amines) is 1. The van der Waals surface area contributed by atoms with E-state index < -0.39 is 11.7 Å². The predicted octanol–water partition coefficient (Wildman–Crippen LogP) is 4.04. The summed E-state index contributed by atoms with van der Waals surface area (Å²) >= 11 is 0. The van der Waals surface area contributed by atoms with Crippen LogP contribution >= 0.6 is 0 Å². The first-order chi connectivity index (χ1) is 11.8. The summed E-state index contributed by atoms with van der Waals surface area (Å²) in [7, 11) is 0. The lowest BCUT2D eigenvalue weighted by molar-refractivity contribution is -0.137. The summed E-state index contributed by atoms with van der Waals surface area (Å²) in [6.45, 7) is 4.92. The van der Waals surface area contributed by atoms with Gasteiger partial charge in [-0.1, -0.05) is 6.92 Å². The van der Waals surface area contributed by atoms with Gasteiger partial charge in [0.1, 0.15) is 0 Å². The molecule has 0 bridgehead atoms. The molecule has 1 unspecified atom stereocenters. The Morgan fingerprint density at radius 1 is 1.16 bits per heavy atom. The molecule has 1 aromatic rings. The maximum atomic E-state index is 13.3. The van der Waals surface area contributed by atoms with Crippen LogP contribution in [0.2, 0.25) is 0 Å². The molecule has 0 spiro atoms. The minimum atomic E-state index is -4.44. The first-order valence-electron chi connectivity index (χ1n) is 9.07. The molecule has 2 aliphatic rings. The van der Waals surface area contributed by atoms with Gasteiger partial charge in [0.15, 0.2) is 0 Å². The fraction of sp³-hybridized carbons (Fsp3) is 0.632. The number of nitrogens with one attached hydrogen (secondary N) is 1. The van der Waals surface area contributed by atoms with E-state index >= 15 is 0 Å². The highest BCUT2D eigenvalue weighted by Crippen LogP contribution is 2.35. The van der Waals surface area contributed by atoms with Crippen molar-refractivity contribution in [2.45, 2.75) is 44.7 Å². The molecule has 1 aromatic carbocycles. The summed E-state index contributed by atoms with van der Waals surface area (Å²) in [5.74, 6) is 0.204. The first-order valence-corrected chi connectivity index (χ1v) is 9.07. The zero-order chi connectivity index (χ0) is 18.0. The fourth-order valence-electron chi connectivity index (χ4n) is 3.89. The Kier molecular flexibility index (Phi) is 5.37. The number of alkyl halides is 3. The SMILES string of the molecule is CC1CCCN(C(=O)c2cc(C3CCNCC3)cc(C(F)(F)F)c2)C1. The van der Waals surface area contributed by atoms with Crippen molar-refractivity contribution in [2.75, 3.05) is 26.2 Å². The van der Waals surface area contributed by atoms with E-state index in [0.29, 0.717) is 24.6 Å². The number of hydrogen-bond donors (Lipinski definition) is 1. The molecule has 0 saturated carbocycles. The van der Waals surface area contributed by atoms with Gasteiger partial charge in [0, 0.05) is 18.7 Å². The Bertz CT molecular complexity index is 624. The van der Waals surface area contributed by atoms with Crippen LogP contribution < -0.4 is 5.32 Å². The number of hydrogen-bond acceptors (Lipinski definition) is 2. The first kappa shape index (κ1) is 18.2. The highest BCUT2D eigenvalue weighted by atomic mass is 19.4. The number of piperidine rings is 2. The van der Waals surface area contributed by atoms with E-state index in [4.69, 9.17) is 0 Å². The lowest BCUT2D eigenvalue weighted by atomic mass is 9.87. The van der Waals surface area contributed by atoms with Crippen LogP contribution in [-0.4, -0.2) is 37.0 Å². The molecule has 0 aliphatic carbocycles. The van der Waals surface area contributed by atoms with Crippen molar-refractivity contribution in [2.24, 2.45) is 5.92 Å². The fourth-order valence-corrected chi connectivity index (χ4v) is 3.89. The second-order valence-corrected chi connectivity index (χ2v) is 7.36. The second-order valence-electron chi connectivity index (χ2n) is 7.36. The average Bonchev–Trinajstić information content (AvgIpc) is 2.60. The van der Waals surface area contributed by atoms with Crippen LogP contribution in [0.1, 0.15) is 60.0 Å². The third-order valence-electron chi connectivity index (χ3n) is 5.28. The molecule has 2 saturated heterocycles. The standard InChI is InChI=1S/C19H25F3N2O/c1-13-3-2-8-24(12-13)18(25)16-9-15(14-4-6-23-7-5-14)10-17(11-16)19(20,21)22/h9-11,13-14,23H,2-8,12H2,1H3. The highest BCUT2D eigenvalue weighted by Gasteiger charge is 2.33. The van der Waals surface area contributed by atoms with Crippen molar-refractivity contribution in [3.05, 3.63) is 34.9 Å². The van der Waals surface area contributed by atoms with Crippen LogP contribution in [0.3, 0.4) is 0 Å². The summed E-state index contributed by atoms with van der Waals surface area (Å²) in [6.07, 6.45) is -0.863. The molecule has 2 fully saturated rings. The van der Waals surface area contributed by atoms with Crippen LogP contribution in [0.4, 0.5) is 13.2 Å². The zero-order valence-electron chi connectivity index (χ0n) is 14.5. The van der Waals surface area contributed by atoms with Gasteiger partial charge in [0.2, 0.25) is 0 Å². The van der Waals surface area contributed by atoms with Gasteiger partial charge < -0.3 is 10.2 Å². The summed E-state index contributed by atoms with van der Waals surface area (Å²) in [5.41, 5.74) is 0.110. The number of nitrogens with zero attached hydrogens (tertiary/aromatic N) is 1. The molecular weight excluding hydrogens is 329 g/mol. The normalized spacial score (nSPS) is 22.9. The van der Waals surface area contributed by atoms with Gasteiger partial charge in [-0.15, -0.1) is 0 Å². The van der Waals surface area contributed by atoms with Crippen molar-refractivity contribution >= 4 is 5.91 Å². The van der Waals surface area contributed by atoms with Crippen molar-refractivity contribution in [1.29, 1.82) is 0 Å². The van der Waals surface area contributed by atoms with Gasteiger partial charge >= 0.3 is 6.18 Å². The minimum Gasteiger partial charge on any atom is -0.338 e. The van der Waals surface area contributed by atoms with Crippen molar-refractivity contribution in [3.8, 4) is 0 Å². The topological polar surface area (TPSA) is 32.3 Å². The van der Waals surface area contributed by atoms with Crippen molar-refractivity contribution in [1.82, 2.24) is 10.2 Å². The molecule has 6 heteroatoms. The van der Waals surface area contributed by atoms with Crippen LogP contribution in [0.5, 0.6) is 0 Å². The Hall–Kier alpha value is -1.56. The van der Waals surface area contributed by atoms with Gasteiger partial charge in [0.05, 0.1) is 5.56 Å². The Balaban J connectivity index is 1.92. The molecule has 1 N–H and O–H groups in total. The van der Waals surface area contributed by atoms with Crippen LogP contribution in [0.25, 0.3) is 0 Å². The average molecular weight is 354 g/mol. The van der Waals surface area contributed by atoms with E-state index in [1.54, 1.807) is 11.0 Å². The van der Waals surface area contributed by atoms with E-state index in [-0.39, 0.29) is 17.4 Å². The summed E-state index contributed by atoms with van der Waals surface area (Å²) in [6, 6.07) is 3.94. The van der Waals surface area contributed by atoms with E-state index in [1.165, 1.54) is 6.07 Å². The van der Waals surface area contributed by atoms with Gasteiger partial charge in [-0.05, 0) is 74.4 Å². The number of halogens is 3. The largest absolute Gasteiger partial charge is 0.416 e. The summed E-state index contributed by atoms with van der Waals surface area (Å²) in [5, 5.41) is 3.23. The molecule has 1 atom stereocenters. The van der Waals surface area contributed by atoms with Gasteiger partial charge in [0.25, 0.3) is 5.91 Å². The lowest BCUT2D eigenvalue weighted by Gasteiger charge is -2.31. The van der Waals surface area contributed by atoms with E-state index in [1.807, 2.05) is 0 Å². The minimum absolute atomic E-state index is 0.0791. The van der Waals surface area contributed by atoms with E-state index in [2.05, 4.69) is 12.2 Å². The van der Waals surface area contributed by atoms with Crippen LogP contribution in [-0.2, 0) is 6.18 Å². The van der Waals surface area contributed by atoms with Gasteiger partial charge in [-0.3, -0.25) is 4.79 Å². The van der Waals surface area contributed by atoms with Crippen LogP contribution in [0, 0.1) is 5.92 Å². The summed E-state index contributed by atoms with van der Waals surface area (Å²) in [4.78, 5) is 14.5. The zero-order valence-corrected chi connectivity index (χ0v) is 14.5. The maximum absolute atomic E-state index is 13.3. The number of rotatable bonds is 2. The molecule has 2 heterocycles. The molecule has 25 heavy (non-hydrogen) atoms. The second kappa shape index (κ2) is 7.36. The molecule has 3 rings (SSSR count). The monoisotopic (exact) mass is 354 g/mol. The molecule has 0 aromatic heterocycles. The van der Waals surface area contributed by atoms with Crippen molar-refractivity contribution in [3.63, 3.8) is 0 Å². The lowest BCUT2D eigenvalue weighted by Crippen LogP contribution is -2.39. The number of carbonyl (C=O) groups is 1. The molecular formula is C19H25F3N2O. The smallest absolute Gasteiger partial charge is 0.338 e. The summed E-state index contributed by atoms with van der Waals surface area (Å²) < 4.78 is 40.0. The Morgan fingerprint density at radius 3 is 2.52 bits per heavy atom. The van der Waals surface area contributed by atoms with Gasteiger partial charge in [-0.25, -0.2) is 0 Å². The highest BCUT2D eigenvalue weighted by molar-refractivity contribution is 5.94. The quantitative estimate of drug-likeness (QED) is 0.869. The molecule has 138 valence electrons. The van der Waals surface area contributed by atoms with Gasteiger partial charge in [-0.2, -0.15) is 13.2 Å². The molecule has 1 amide bonds. The van der Waals surface area contributed by atoms with E-state index in [9.17, 15) is 18.0 Å². The van der Waals surface area contributed by atoms with E-state index in [0.717, 1.165) is 44.8 Å². The molecule has 3 nitrogen and oxygen atoms in total. The Morgan fingerprint density at radius 2 is 1.88 bits per heavy atom. The maximum Gasteiger partial charge on any atom is 0.416 e. The number of benzene rings is 1.